The van der Waals surface area contributed by atoms with E-state index in [9.17, 15) is 9.59 Å². The van der Waals surface area contributed by atoms with E-state index in [2.05, 4.69) is 5.32 Å². The van der Waals surface area contributed by atoms with Crippen LogP contribution in [0.2, 0.25) is 5.82 Å². The largest absolute Gasteiger partial charge is 0.365 e. The van der Waals surface area contributed by atoms with E-state index in [-0.39, 0.29) is 18.1 Å². The Balaban J connectivity index is 2.15. The topological polar surface area (TPSA) is 72.2 Å². The van der Waals surface area contributed by atoms with E-state index in [4.69, 9.17) is 5.73 Å². The summed E-state index contributed by atoms with van der Waals surface area (Å²) in [5.41, 5.74) is 5.20. The zero-order valence-electron chi connectivity index (χ0n) is 11.1. The van der Waals surface area contributed by atoms with Gasteiger partial charge in [0.05, 0.1) is 6.54 Å². The Kier molecular flexibility index (Phi) is 7.73. The molecule has 0 saturated heterocycles. The molecule has 0 aromatic rings. The van der Waals surface area contributed by atoms with Gasteiger partial charge in [0.2, 0.25) is 7.28 Å². The highest BCUT2D eigenvalue weighted by molar-refractivity contribution is 6.74. The zero-order valence-corrected chi connectivity index (χ0v) is 11.1. The first-order valence-electron chi connectivity index (χ1n) is 7.07. The predicted octanol–water partition coefficient (Wildman–Crippen LogP) is 1.85. The van der Waals surface area contributed by atoms with Gasteiger partial charge in [0.15, 0.2) is 5.81 Å². The second-order valence-corrected chi connectivity index (χ2v) is 5.06. The first-order chi connectivity index (χ1) is 8.72. The molecule has 3 N–H and O–H groups in total. The maximum Gasteiger partial charge on any atom is 0.236 e. The summed E-state index contributed by atoms with van der Waals surface area (Å²) in [5.74, 6) is 0.363. The van der Waals surface area contributed by atoms with E-state index < -0.39 is 0 Å². The van der Waals surface area contributed by atoms with E-state index >= 15 is 0 Å². The second-order valence-electron chi connectivity index (χ2n) is 5.06. The summed E-state index contributed by atoms with van der Waals surface area (Å²) in [6, 6.07) is 0. The van der Waals surface area contributed by atoms with Gasteiger partial charge in [-0.1, -0.05) is 50.8 Å². The van der Waals surface area contributed by atoms with E-state index in [0.29, 0.717) is 18.8 Å². The first kappa shape index (κ1) is 15.2. The van der Waals surface area contributed by atoms with E-state index in [1.807, 2.05) is 0 Å². The van der Waals surface area contributed by atoms with Crippen LogP contribution in [0, 0.1) is 0 Å². The van der Waals surface area contributed by atoms with Crippen molar-refractivity contribution in [2.75, 3.05) is 13.1 Å². The number of amides is 1. The molecule has 0 aromatic carbocycles. The van der Waals surface area contributed by atoms with Crippen LogP contribution in [0.5, 0.6) is 0 Å². The van der Waals surface area contributed by atoms with Crippen molar-refractivity contribution in [3.63, 3.8) is 0 Å². The molecule has 0 bridgehead atoms. The molecule has 1 aliphatic rings. The molecule has 0 unspecified atom stereocenters. The highest BCUT2D eigenvalue weighted by Crippen LogP contribution is 2.25. The summed E-state index contributed by atoms with van der Waals surface area (Å²) in [5, 5.41) is 2.76. The van der Waals surface area contributed by atoms with Crippen LogP contribution in [-0.2, 0) is 4.79 Å². The lowest BCUT2D eigenvalue weighted by atomic mass is 9.59. The van der Waals surface area contributed by atoms with Crippen molar-refractivity contribution in [3.8, 4) is 0 Å². The molecule has 0 heterocycles. The van der Waals surface area contributed by atoms with Crippen molar-refractivity contribution in [1.82, 2.24) is 5.32 Å². The SMILES string of the molecule is NCC(=O)CCNC(=O)[B]C1CCCCCCC1. The number of carbonyl (C=O) groups excluding carboxylic acids is 2. The maximum absolute atomic E-state index is 11.7. The van der Waals surface area contributed by atoms with Gasteiger partial charge < -0.3 is 11.1 Å². The fraction of sp³-hybridized carbons (Fsp3) is 0.846. The van der Waals surface area contributed by atoms with Gasteiger partial charge in [-0.15, -0.1) is 0 Å². The average molecular weight is 251 g/mol. The third-order valence-electron chi connectivity index (χ3n) is 3.47. The van der Waals surface area contributed by atoms with Gasteiger partial charge in [-0.3, -0.25) is 9.59 Å². The van der Waals surface area contributed by atoms with Crippen LogP contribution in [0.15, 0.2) is 0 Å². The molecule has 1 amide bonds. The Morgan fingerprint density at radius 3 is 2.33 bits per heavy atom. The van der Waals surface area contributed by atoms with Crippen molar-refractivity contribution in [2.45, 2.75) is 57.2 Å². The Bertz CT molecular complexity index is 264. The third kappa shape index (κ3) is 6.79. The molecule has 1 aliphatic carbocycles. The quantitative estimate of drug-likeness (QED) is 0.707. The lowest BCUT2D eigenvalue weighted by Gasteiger charge is -2.18. The number of nitrogens with two attached hydrogens (primary N) is 1. The number of carbonyl (C=O) groups is 2. The Hall–Kier alpha value is -0.835. The predicted molar refractivity (Wildman–Crippen MR) is 73.9 cm³/mol. The minimum atomic E-state index is -0.0367. The van der Waals surface area contributed by atoms with Gasteiger partial charge in [-0.25, -0.2) is 0 Å². The number of nitrogens with one attached hydrogen (secondary N) is 1. The number of rotatable bonds is 6. The van der Waals surface area contributed by atoms with Gasteiger partial charge in [0.25, 0.3) is 0 Å². The minimum absolute atomic E-state index is 0.0127. The molecule has 18 heavy (non-hydrogen) atoms. The fourth-order valence-electron chi connectivity index (χ4n) is 2.35. The highest BCUT2D eigenvalue weighted by atomic mass is 16.1. The minimum Gasteiger partial charge on any atom is -0.365 e. The number of ketones is 1. The van der Waals surface area contributed by atoms with E-state index in [1.54, 1.807) is 7.28 Å². The number of hydrogen-bond acceptors (Lipinski definition) is 3. The zero-order chi connectivity index (χ0) is 13.2. The summed E-state index contributed by atoms with van der Waals surface area (Å²) < 4.78 is 0. The molecular weight excluding hydrogens is 227 g/mol. The molecule has 1 saturated carbocycles. The van der Waals surface area contributed by atoms with Crippen molar-refractivity contribution < 1.29 is 9.59 Å². The van der Waals surface area contributed by atoms with Crippen LogP contribution in [0.1, 0.15) is 51.4 Å². The lowest BCUT2D eigenvalue weighted by Crippen LogP contribution is -2.32. The summed E-state index contributed by atoms with van der Waals surface area (Å²) in [6.45, 7) is 0.459. The fourth-order valence-corrected chi connectivity index (χ4v) is 2.35. The molecule has 101 valence electrons. The van der Waals surface area contributed by atoms with Crippen LogP contribution in [-0.4, -0.2) is 32.0 Å². The monoisotopic (exact) mass is 251 g/mol. The molecule has 1 fully saturated rings. The van der Waals surface area contributed by atoms with Crippen molar-refractivity contribution in [2.24, 2.45) is 5.73 Å². The summed E-state index contributed by atoms with van der Waals surface area (Å²) in [7, 11) is 1.80. The molecule has 0 aliphatic heterocycles. The summed E-state index contributed by atoms with van der Waals surface area (Å²) in [4.78, 5) is 22.7. The molecule has 4 nitrogen and oxygen atoms in total. The molecule has 1 radical (unpaired) electrons. The van der Waals surface area contributed by atoms with Gasteiger partial charge in [0, 0.05) is 13.0 Å². The van der Waals surface area contributed by atoms with Gasteiger partial charge in [-0.2, -0.15) is 0 Å². The van der Waals surface area contributed by atoms with Crippen LogP contribution in [0.3, 0.4) is 0 Å². The molecule has 0 atom stereocenters. The maximum atomic E-state index is 11.7. The van der Waals surface area contributed by atoms with Crippen molar-refractivity contribution in [1.29, 1.82) is 0 Å². The molecule has 0 spiro atoms. The van der Waals surface area contributed by atoms with Crippen LogP contribution in [0.4, 0.5) is 4.79 Å². The van der Waals surface area contributed by atoms with Gasteiger partial charge in [-0.05, 0) is 0 Å². The van der Waals surface area contributed by atoms with Crippen LogP contribution in [0.25, 0.3) is 0 Å². The lowest BCUT2D eigenvalue weighted by molar-refractivity contribution is -0.117. The highest BCUT2D eigenvalue weighted by Gasteiger charge is 2.17. The Morgan fingerprint density at radius 2 is 1.72 bits per heavy atom. The van der Waals surface area contributed by atoms with Crippen molar-refractivity contribution >= 4 is 18.9 Å². The molecular formula is C13H24BN2O2. The van der Waals surface area contributed by atoms with Gasteiger partial charge in [0.1, 0.15) is 5.78 Å². The molecule has 0 aromatic heterocycles. The summed E-state index contributed by atoms with van der Waals surface area (Å²) >= 11 is 0. The smallest absolute Gasteiger partial charge is 0.236 e. The van der Waals surface area contributed by atoms with E-state index in [0.717, 1.165) is 12.8 Å². The molecule has 5 heteroatoms. The van der Waals surface area contributed by atoms with Crippen LogP contribution >= 0.6 is 0 Å². The number of hydrogen-bond donors (Lipinski definition) is 2. The number of Topliss-reactive ketones (excluding diaryl/α,β-unsaturated/α-hetero) is 1. The standard InChI is InChI=1S/C13H24BN2O2/c15-10-12(17)8-9-16-13(18)14-11-6-4-2-1-3-5-7-11/h11H,1-10,15H2,(H,16,18). The normalized spacial score (nSPS) is 17.6. The Labute approximate surface area is 110 Å². The summed E-state index contributed by atoms with van der Waals surface area (Å²) in [6.07, 6.45) is 8.93. The third-order valence-corrected chi connectivity index (χ3v) is 3.47. The van der Waals surface area contributed by atoms with Crippen molar-refractivity contribution in [3.05, 3.63) is 0 Å². The van der Waals surface area contributed by atoms with E-state index in [1.165, 1.54) is 32.1 Å². The van der Waals surface area contributed by atoms with Crippen LogP contribution < -0.4 is 11.1 Å². The average Bonchev–Trinajstić information content (AvgIpc) is 2.32. The second kappa shape index (κ2) is 9.14. The van der Waals surface area contributed by atoms with Gasteiger partial charge >= 0.3 is 0 Å². The Morgan fingerprint density at radius 1 is 1.11 bits per heavy atom. The molecule has 1 rings (SSSR count). The first-order valence-corrected chi connectivity index (χ1v) is 7.07.